The van der Waals surface area contributed by atoms with Crippen LogP contribution in [0.4, 0.5) is 10.5 Å². The van der Waals surface area contributed by atoms with Crippen LogP contribution in [0.5, 0.6) is 0 Å². The van der Waals surface area contributed by atoms with Crippen molar-refractivity contribution in [1.29, 1.82) is 0 Å². The van der Waals surface area contributed by atoms with E-state index in [9.17, 15) is 13.2 Å². The van der Waals surface area contributed by atoms with Gasteiger partial charge in [-0.2, -0.15) is 0 Å². The molecule has 2 N–H and O–H groups in total. The van der Waals surface area contributed by atoms with Crippen molar-refractivity contribution in [3.05, 3.63) is 24.3 Å². The largest absolute Gasteiger partial charge is 0.338 e. The molecule has 1 aromatic rings. The molecule has 0 aliphatic heterocycles. The number of sulfonamides is 1. The van der Waals surface area contributed by atoms with Gasteiger partial charge >= 0.3 is 6.03 Å². The number of nitrogens with one attached hydrogen (secondary N) is 2. The summed E-state index contributed by atoms with van der Waals surface area (Å²) in [5.41, 5.74) is 0.441. The Hall–Kier alpha value is -1.60. The Bertz CT molecular complexity index is 541. The molecule has 0 aliphatic carbocycles. The van der Waals surface area contributed by atoms with Gasteiger partial charge in [0.1, 0.15) is 0 Å². The van der Waals surface area contributed by atoms with Crippen LogP contribution in [0.2, 0.25) is 0 Å². The summed E-state index contributed by atoms with van der Waals surface area (Å²) in [4.78, 5) is 11.6. The Labute approximate surface area is 113 Å². The van der Waals surface area contributed by atoms with Gasteiger partial charge in [0.05, 0.1) is 4.90 Å². The Morgan fingerprint density at radius 3 is 2.58 bits per heavy atom. The minimum absolute atomic E-state index is 0.144. The highest BCUT2D eigenvalue weighted by atomic mass is 32.2. The molecule has 7 heteroatoms. The smallest absolute Gasteiger partial charge is 0.319 e. The van der Waals surface area contributed by atoms with E-state index in [0.29, 0.717) is 12.2 Å². The molecule has 0 atom stereocenters. The number of nitrogens with zero attached hydrogens (tertiary/aromatic N) is 1. The first-order chi connectivity index (χ1) is 8.87. The predicted octanol–water partition coefficient (Wildman–Crippen LogP) is 1.47. The van der Waals surface area contributed by atoms with Gasteiger partial charge in [-0.3, -0.25) is 0 Å². The average Bonchev–Trinajstić information content (AvgIpc) is 2.36. The van der Waals surface area contributed by atoms with E-state index in [-0.39, 0.29) is 10.9 Å². The molecule has 0 spiro atoms. The fourth-order valence-electron chi connectivity index (χ4n) is 1.36. The van der Waals surface area contributed by atoms with Crippen LogP contribution in [0.3, 0.4) is 0 Å². The number of carbonyl (C=O) groups is 1. The number of hydrogen-bond acceptors (Lipinski definition) is 3. The molecule has 0 saturated heterocycles. The number of carbonyl (C=O) groups excluding carboxylic acids is 1. The Kier molecular flexibility index (Phi) is 5.31. The summed E-state index contributed by atoms with van der Waals surface area (Å²) in [5, 5.41) is 5.25. The fraction of sp³-hybridized carbons (Fsp3) is 0.417. The number of urea groups is 1. The Morgan fingerprint density at radius 2 is 2.00 bits per heavy atom. The predicted molar refractivity (Wildman–Crippen MR) is 74.6 cm³/mol. The van der Waals surface area contributed by atoms with E-state index in [4.69, 9.17) is 0 Å². The lowest BCUT2D eigenvalue weighted by atomic mass is 10.3. The van der Waals surface area contributed by atoms with Crippen LogP contribution in [0, 0.1) is 0 Å². The van der Waals surface area contributed by atoms with E-state index in [1.807, 2.05) is 6.92 Å². The van der Waals surface area contributed by atoms with Gasteiger partial charge in [-0.05, 0) is 24.6 Å². The highest BCUT2D eigenvalue weighted by molar-refractivity contribution is 7.89. The van der Waals surface area contributed by atoms with Crippen molar-refractivity contribution in [2.24, 2.45) is 0 Å². The normalized spacial score (nSPS) is 11.4. The van der Waals surface area contributed by atoms with E-state index >= 15 is 0 Å². The van der Waals surface area contributed by atoms with E-state index < -0.39 is 10.0 Å². The summed E-state index contributed by atoms with van der Waals surface area (Å²) in [5.74, 6) is 0. The maximum absolute atomic E-state index is 11.9. The molecule has 1 aromatic carbocycles. The van der Waals surface area contributed by atoms with Gasteiger partial charge in [-0.1, -0.05) is 13.0 Å². The lowest BCUT2D eigenvalue weighted by molar-refractivity contribution is 0.252. The summed E-state index contributed by atoms with van der Waals surface area (Å²) in [6.45, 7) is 2.52. The molecule has 0 saturated carbocycles. The molecule has 0 bridgehead atoms. The summed E-state index contributed by atoms with van der Waals surface area (Å²) >= 11 is 0. The number of hydrogen-bond donors (Lipinski definition) is 2. The lowest BCUT2D eigenvalue weighted by Crippen LogP contribution is -2.29. The van der Waals surface area contributed by atoms with Crippen LogP contribution in [-0.2, 0) is 10.0 Å². The molecule has 0 aromatic heterocycles. The zero-order chi connectivity index (χ0) is 14.5. The Balaban J connectivity index is 2.87. The zero-order valence-corrected chi connectivity index (χ0v) is 12.1. The quantitative estimate of drug-likeness (QED) is 0.860. The van der Waals surface area contributed by atoms with Crippen molar-refractivity contribution in [3.8, 4) is 0 Å². The first kappa shape index (κ1) is 15.5. The molecular formula is C12H19N3O3S. The second kappa shape index (κ2) is 6.53. The van der Waals surface area contributed by atoms with Gasteiger partial charge in [0.15, 0.2) is 0 Å². The molecule has 6 nitrogen and oxygen atoms in total. The molecule has 0 heterocycles. The van der Waals surface area contributed by atoms with Crippen molar-refractivity contribution < 1.29 is 13.2 Å². The maximum Gasteiger partial charge on any atom is 0.319 e. The van der Waals surface area contributed by atoms with E-state index in [2.05, 4.69) is 10.6 Å². The van der Waals surface area contributed by atoms with Crippen molar-refractivity contribution in [2.75, 3.05) is 26.0 Å². The van der Waals surface area contributed by atoms with Crippen LogP contribution in [0.15, 0.2) is 29.2 Å². The van der Waals surface area contributed by atoms with Crippen molar-refractivity contribution in [3.63, 3.8) is 0 Å². The van der Waals surface area contributed by atoms with Gasteiger partial charge in [0.25, 0.3) is 0 Å². The third-order valence-electron chi connectivity index (χ3n) is 2.41. The molecule has 2 amide bonds. The lowest BCUT2D eigenvalue weighted by Gasteiger charge is -2.12. The minimum atomic E-state index is -3.49. The number of rotatable bonds is 5. The molecule has 1 rings (SSSR count). The summed E-state index contributed by atoms with van der Waals surface area (Å²) in [6.07, 6.45) is 0.836. The second-order valence-corrected chi connectivity index (χ2v) is 6.35. The molecule has 0 fully saturated rings. The van der Waals surface area contributed by atoms with Gasteiger partial charge < -0.3 is 10.6 Å². The van der Waals surface area contributed by atoms with Crippen molar-refractivity contribution >= 4 is 21.7 Å². The van der Waals surface area contributed by atoms with Crippen LogP contribution in [-0.4, -0.2) is 39.4 Å². The van der Waals surface area contributed by atoms with Gasteiger partial charge in [0.2, 0.25) is 10.0 Å². The standard InChI is InChI=1S/C12H19N3O3S/c1-4-8-13-12(16)14-10-6-5-7-11(9-10)19(17,18)15(2)3/h5-7,9H,4,8H2,1-3H3,(H2,13,14,16). The summed E-state index contributed by atoms with van der Waals surface area (Å²) < 4.78 is 25.0. The summed E-state index contributed by atoms with van der Waals surface area (Å²) in [7, 11) is -0.567. The average molecular weight is 285 g/mol. The molecule has 0 radical (unpaired) electrons. The number of benzene rings is 1. The topological polar surface area (TPSA) is 78.5 Å². The van der Waals surface area contributed by atoms with Crippen molar-refractivity contribution in [1.82, 2.24) is 9.62 Å². The van der Waals surface area contributed by atoms with Crippen LogP contribution < -0.4 is 10.6 Å². The minimum Gasteiger partial charge on any atom is -0.338 e. The maximum atomic E-state index is 11.9. The monoisotopic (exact) mass is 285 g/mol. The van der Waals surface area contributed by atoms with Gasteiger partial charge in [-0.15, -0.1) is 0 Å². The Morgan fingerprint density at radius 1 is 1.32 bits per heavy atom. The van der Waals surface area contributed by atoms with Crippen LogP contribution >= 0.6 is 0 Å². The fourth-order valence-corrected chi connectivity index (χ4v) is 2.31. The van der Waals surface area contributed by atoms with E-state index in [1.54, 1.807) is 12.1 Å². The third-order valence-corrected chi connectivity index (χ3v) is 4.22. The third kappa shape index (κ3) is 4.22. The molecular weight excluding hydrogens is 266 g/mol. The SMILES string of the molecule is CCCNC(=O)Nc1cccc(S(=O)(=O)N(C)C)c1. The zero-order valence-electron chi connectivity index (χ0n) is 11.3. The van der Waals surface area contributed by atoms with Crippen LogP contribution in [0.1, 0.15) is 13.3 Å². The van der Waals surface area contributed by atoms with E-state index in [1.165, 1.54) is 26.2 Å². The molecule has 19 heavy (non-hydrogen) atoms. The van der Waals surface area contributed by atoms with Gasteiger partial charge in [0, 0.05) is 26.3 Å². The van der Waals surface area contributed by atoms with E-state index in [0.717, 1.165) is 10.7 Å². The van der Waals surface area contributed by atoms with Gasteiger partial charge in [-0.25, -0.2) is 17.5 Å². The number of anilines is 1. The first-order valence-electron chi connectivity index (χ1n) is 5.95. The molecule has 0 aliphatic rings. The first-order valence-corrected chi connectivity index (χ1v) is 7.39. The molecule has 0 unspecified atom stereocenters. The highest BCUT2D eigenvalue weighted by Gasteiger charge is 2.17. The summed E-state index contributed by atoms with van der Waals surface area (Å²) in [6, 6.07) is 5.80. The second-order valence-electron chi connectivity index (χ2n) is 4.20. The van der Waals surface area contributed by atoms with Crippen molar-refractivity contribution in [2.45, 2.75) is 18.2 Å². The highest BCUT2D eigenvalue weighted by Crippen LogP contribution is 2.17. The molecule has 106 valence electrons. The van der Waals surface area contributed by atoms with Crippen LogP contribution in [0.25, 0.3) is 0 Å². The number of amides is 2.